The van der Waals surface area contributed by atoms with Gasteiger partial charge in [-0.15, -0.1) is 4.80 Å². The van der Waals surface area contributed by atoms with E-state index in [1.165, 1.54) is 29.6 Å². The summed E-state index contributed by atoms with van der Waals surface area (Å²) in [6.45, 7) is 2.21. The van der Waals surface area contributed by atoms with Gasteiger partial charge in [-0.1, -0.05) is 41.9 Å². The summed E-state index contributed by atoms with van der Waals surface area (Å²) in [6.07, 6.45) is 7.27. The molecular weight excluding hydrogens is 458 g/mol. The second kappa shape index (κ2) is 10.7. The van der Waals surface area contributed by atoms with Crippen molar-refractivity contribution >= 4 is 29.0 Å². The molecule has 11 heteroatoms. The van der Waals surface area contributed by atoms with E-state index in [2.05, 4.69) is 30.8 Å². The van der Waals surface area contributed by atoms with Gasteiger partial charge in [0.05, 0.1) is 53.5 Å². The second-order valence-electron chi connectivity index (χ2n) is 7.18. The summed E-state index contributed by atoms with van der Waals surface area (Å²) in [5.41, 5.74) is 2.52. The largest absolute Gasteiger partial charge is 0.487 e. The Hall–Kier alpha value is -4.02. The molecule has 0 fully saturated rings. The maximum Gasteiger partial charge on any atom is 0.323 e. The molecule has 0 aliphatic carbocycles. The molecule has 34 heavy (non-hydrogen) atoms. The highest BCUT2D eigenvalue weighted by Crippen LogP contribution is 2.34. The summed E-state index contributed by atoms with van der Waals surface area (Å²) in [5.74, 6) is 0.859. The molecular formula is C23H22ClN7O3. The van der Waals surface area contributed by atoms with Crippen LogP contribution in [0.5, 0.6) is 5.75 Å². The standard InChI is InChI=1S/C23H22ClN7O3/c1-15(33-2)21-19(12-25-13-20(21)34-14-16-6-4-3-5-7-16)30-23(32)29-17-10-18(24)22(26-11-17)31-27-8-9-28-31/h3-13,15H,14H2,1-2H3,(H2,29,30,32)/t15-/m0/s1. The zero-order valence-corrected chi connectivity index (χ0v) is 19.2. The highest BCUT2D eigenvalue weighted by molar-refractivity contribution is 6.32. The molecule has 0 bridgehead atoms. The first-order valence-electron chi connectivity index (χ1n) is 10.3. The average Bonchev–Trinajstić information content (AvgIpc) is 3.37. The van der Waals surface area contributed by atoms with Crippen molar-refractivity contribution < 1.29 is 14.3 Å². The van der Waals surface area contributed by atoms with Gasteiger partial charge in [0, 0.05) is 12.7 Å². The summed E-state index contributed by atoms with van der Waals surface area (Å²) in [5, 5.41) is 13.8. The lowest BCUT2D eigenvalue weighted by Crippen LogP contribution is -2.21. The smallest absolute Gasteiger partial charge is 0.323 e. The molecule has 4 aromatic rings. The van der Waals surface area contributed by atoms with Crippen molar-refractivity contribution in [2.75, 3.05) is 17.7 Å². The normalized spacial score (nSPS) is 11.6. The van der Waals surface area contributed by atoms with Gasteiger partial charge in [0.15, 0.2) is 5.82 Å². The third-order valence-electron chi connectivity index (χ3n) is 4.88. The molecule has 3 heterocycles. The summed E-state index contributed by atoms with van der Waals surface area (Å²) < 4.78 is 11.5. The fourth-order valence-electron chi connectivity index (χ4n) is 3.19. The number of anilines is 2. The maximum absolute atomic E-state index is 12.7. The van der Waals surface area contributed by atoms with Crippen molar-refractivity contribution in [2.45, 2.75) is 19.6 Å². The highest BCUT2D eigenvalue weighted by Gasteiger charge is 2.19. The molecule has 0 aliphatic rings. The highest BCUT2D eigenvalue weighted by atomic mass is 35.5. The van der Waals surface area contributed by atoms with Crippen molar-refractivity contribution in [2.24, 2.45) is 0 Å². The summed E-state index contributed by atoms with van der Waals surface area (Å²) in [6, 6.07) is 10.8. The van der Waals surface area contributed by atoms with Gasteiger partial charge < -0.3 is 20.1 Å². The van der Waals surface area contributed by atoms with Gasteiger partial charge in [-0.25, -0.2) is 9.78 Å². The van der Waals surface area contributed by atoms with Crippen molar-refractivity contribution in [3.05, 3.63) is 83.5 Å². The van der Waals surface area contributed by atoms with Gasteiger partial charge in [-0.05, 0) is 18.6 Å². The molecule has 174 valence electrons. The Labute approximate surface area is 200 Å². The van der Waals surface area contributed by atoms with Crippen molar-refractivity contribution in [1.29, 1.82) is 0 Å². The summed E-state index contributed by atoms with van der Waals surface area (Å²) in [4.78, 5) is 22.5. The van der Waals surface area contributed by atoms with Gasteiger partial charge in [0.1, 0.15) is 12.4 Å². The lowest BCUT2D eigenvalue weighted by atomic mass is 10.1. The minimum absolute atomic E-state index is 0.278. The summed E-state index contributed by atoms with van der Waals surface area (Å²) in [7, 11) is 1.58. The van der Waals surface area contributed by atoms with Gasteiger partial charge >= 0.3 is 6.03 Å². The molecule has 0 saturated carbocycles. The van der Waals surface area contributed by atoms with Crippen molar-refractivity contribution in [3.63, 3.8) is 0 Å². The zero-order valence-electron chi connectivity index (χ0n) is 18.5. The van der Waals surface area contributed by atoms with Crippen LogP contribution in [-0.4, -0.2) is 38.1 Å². The first-order valence-corrected chi connectivity index (χ1v) is 10.7. The average molecular weight is 480 g/mol. The molecule has 1 aromatic carbocycles. The number of ether oxygens (including phenoxy) is 2. The van der Waals surface area contributed by atoms with E-state index in [0.717, 1.165) is 5.56 Å². The van der Waals surface area contributed by atoms with Gasteiger partial charge in [-0.2, -0.15) is 10.2 Å². The van der Waals surface area contributed by atoms with Crippen LogP contribution in [0.15, 0.2) is 67.4 Å². The van der Waals surface area contributed by atoms with Crippen molar-refractivity contribution in [1.82, 2.24) is 25.0 Å². The molecule has 4 rings (SSSR count). The van der Waals surface area contributed by atoms with Crippen LogP contribution in [0, 0.1) is 0 Å². The fourth-order valence-corrected chi connectivity index (χ4v) is 3.44. The first kappa shape index (κ1) is 23.1. The Kier molecular flexibility index (Phi) is 7.31. The Morgan fingerprint density at radius 3 is 2.59 bits per heavy atom. The monoisotopic (exact) mass is 479 g/mol. The second-order valence-corrected chi connectivity index (χ2v) is 7.59. The van der Waals surface area contributed by atoms with Crippen molar-refractivity contribution in [3.8, 4) is 11.6 Å². The van der Waals surface area contributed by atoms with Crippen LogP contribution in [0.3, 0.4) is 0 Å². The topological polar surface area (TPSA) is 116 Å². The van der Waals surface area contributed by atoms with E-state index in [1.54, 1.807) is 19.4 Å². The molecule has 3 aromatic heterocycles. The van der Waals surface area contributed by atoms with Gasteiger partial charge in [0.2, 0.25) is 0 Å². The molecule has 2 amide bonds. The zero-order chi connectivity index (χ0) is 23.9. The molecule has 0 saturated heterocycles. The van der Waals surface area contributed by atoms with Crippen LogP contribution in [0.1, 0.15) is 24.2 Å². The van der Waals surface area contributed by atoms with Crippen LogP contribution < -0.4 is 15.4 Å². The summed E-state index contributed by atoms with van der Waals surface area (Å²) >= 11 is 6.28. The maximum atomic E-state index is 12.7. The number of amides is 2. The predicted molar refractivity (Wildman–Crippen MR) is 127 cm³/mol. The minimum atomic E-state index is -0.505. The Morgan fingerprint density at radius 1 is 1.12 bits per heavy atom. The lowest BCUT2D eigenvalue weighted by molar-refractivity contribution is 0.116. The molecule has 0 radical (unpaired) electrons. The number of urea groups is 1. The third-order valence-corrected chi connectivity index (χ3v) is 5.16. The van der Waals surface area contributed by atoms with E-state index < -0.39 is 6.03 Å². The number of carbonyl (C=O) groups excluding carboxylic acids is 1. The number of methoxy groups -OCH3 is 1. The lowest BCUT2D eigenvalue weighted by Gasteiger charge is -2.20. The number of benzene rings is 1. The van der Waals surface area contributed by atoms with E-state index >= 15 is 0 Å². The van der Waals surface area contributed by atoms with Crippen LogP contribution in [0.25, 0.3) is 5.82 Å². The quantitative estimate of drug-likeness (QED) is 0.378. The van der Waals surface area contributed by atoms with E-state index in [-0.39, 0.29) is 11.1 Å². The Balaban J connectivity index is 1.50. The molecule has 0 aliphatic heterocycles. The first-order chi connectivity index (χ1) is 16.5. The van der Waals surface area contributed by atoms with E-state index in [4.69, 9.17) is 21.1 Å². The number of hydrogen-bond acceptors (Lipinski definition) is 7. The number of hydrogen-bond donors (Lipinski definition) is 2. The molecule has 2 N–H and O–H groups in total. The van der Waals surface area contributed by atoms with Gasteiger partial charge in [-0.3, -0.25) is 4.98 Å². The minimum Gasteiger partial charge on any atom is -0.487 e. The number of halogens is 1. The number of nitrogens with one attached hydrogen (secondary N) is 2. The molecule has 10 nitrogen and oxygen atoms in total. The molecule has 1 atom stereocenters. The fraction of sp³-hybridized carbons (Fsp3) is 0.174. The number of rotatable bonds is 8. The number of pyridine rings is 2. The van der Waals surface area contributed by atoms with Gasteiger partial charge in [0.25, 0.3) is 0 Å². The predicted octanol–water partition coefficient (Wildman–Crippen LogP) is 4.64. The number of nitrogens with zero attached hydrogens (tertiary/aromatic N) is 5. The Bertz CT molecular complexity index is 1250. The SMILES string of the molecule is CO[C@@H](C)c1c(NC(=O)Nc2cnc(-n3nccn3)c(Cl)c2)cncc1OCc1ccccc1. The van der Waals surface area contributed by atoms with Crippen LogP contribution in [0.2, 0.25) is 5.02 Å². The molecule has 0 spiro atoms. The van der Waals surface area contributed by atoms with E-state index in [1.807, 2.05) is 37.3 Å². The van der Waals surface area contributed by atoms with Crippen LogP contribution in [0.4, 0.5) is 16.2 Å². The third kappa shape index (κ3) is 5.48. The van der Waals surface area contributed by atoms with E-state index in [0.29, 0.717) is 35.1 Å². The van der Waals surface area contributed by atoms with Crippen LogP contribution >= 0.6 is 11.6 Å². The number of carbonyl (C=O) groups is 1. The van der Waals surface area contributed by atoms with E-state index in [9.17, 15) is 4.79 Å². The molecule has 0 unspecified atom stereocenters. The Morgan fingerprint density at radius 2 is 1.88 bits per heavy atom. The van der Waals surface area contributed by atoms with Crippen LogP contribution in [-0.2, 0) is 11.3 Å². The number of aromatic nitrogens is 5.